The number of aromatic nitrogens is 1. The number of hydrogen-bond acceptors (Lipinski definition) is 3. The molecule has 6 heteroatoms. The highest BCUT2D eigenvalue weighted by atomic mass is 127. The first-order valence-electron chi connectivity index (χ1n) is 8.38. The van der Waals surface area contributed by atoms with Crippen molar-refractivity contribution >= 4 is 29.9 Å². The predicted molar refractivity (Wildman–Crippen MR) is 107 cm³/mol. The van der Waals surface area contributed by atoms with Gasteiger partial charge in [-0.15, -0.1) is 24.0 Å². The molecule has 0 aromatic carbocycles. The minimum atomic E-state index is 0. The number of piperidine rings is 1. The van der Waals surface area contributed by atoms with E-state index in [4.69, 9.17) is 0 Å². The zero-order valence-corrected chi connectivity index (χ0v) is 16.6. The maximum atomic E-state index is 4.30. The Labute approximate surface area is 157 Å². The van der Waals surface area contributed by atoms with Crippen LogP contribution in [0.15, 0.2) is 29.4 Å². The average molecular weight is 431 g/mol. The summed E-state index contributed by atoms with van der Waals surface area (Å²) in [6.45, 7) is 7.64. The Balaban J connectivity index is 0.00000264. The normalized spacial score (nSPS) is 16.7. The molecule has 0 atom stereocenters. The van der Waals surface area contributed by atoms with Gasteiger partial charge >= 0.3 is 0 Å². The molecule has 1 fully saturated rings. The van der Waals surface area contributed by atoms with Gasteiger partial charge in [0.15, 0.2) is 5.96 Å². The third kappa shape index (κ3) is 7.48. The maximum Gasteiger partial charge on any atom is 0.191 e. The maximum absolute atomic E-state index is 4.30. The van der Waals surface area contributed by atoms with E-state index >= 15 is 0 Å². The van der Waals surface area contributed by atoms with Crippen molar-refractivity contribution in [2.24, 2.45) is 10.9 Å². The van der Waals surface area contributed by atoms with Crippen molar-refractivity contribution in [1.29, 1.82) is 0 Å². The fraction of sp³-hybridized carbons (Fsp3) is 0.647. The Morgan fingerprint density at radius 3 is 2.70 bits per heavy atom. The van der Waals surface area contributed by atoms with Crippen LogP contribution < -0.4 is 10.6 Å². The van der Waals surface area contributed by atoms with Crippen molar-refractivity contribution in [3.63, 3.8) is 0 Å². The second kappa shape index (κ2) is 11.6. The van der Waals surface area contributed by atoms with Crippen molar-refractivity contribution in [1.82, 2.24) is 20.5 Å². The Bertz CT molecular complexity index is 444. The molecular formula is C17H30IN5. The highest BCUT2D eigenvalue weighted by molar-refractivity contribution is 14.0. The van der Waals surface area contributed by atoms with E-state index in [0.29, 0.717) is 6.54 Å². The molecule has 0 unspecified atom stereocenters. The lowest BCUT2D eigenvalue weighted by Crippen LogP contribution is -2.39. The van der Waals surface area contributed by atoms with Gasteiger partial charge in [0.1, 0.15) is 0 Å². The molecule has 1 aromatic heterocycles. The number of nitrogens with one attached hydrogen (secondary N) is 2. The smallest absolute Gasteiger partial charge is 0.191 e. The van der Waals surface area contributed by atoms with E-state index in [-0.39, 0.29) is 24.0 Å². The largest absolute Gasteiger partial charge is 0.356 e. The fourth-order valence-corrected chi connectivity index (χ4v) is 2.88. The van der Waals surface area contributed by atoms with E-state index in [1.165, 1.54) is 38.9 Å². The number of pyridine rings is 1. The van der Waals surface area contributed by atoms with Crippen LogP contribution in [-0.2, 0) is 6.54 Å². The zero-order chi connectivity index (χ0) is 15.6. The highest BCUT2D eigenvalue weighted by Gasteiger charge is 2.17. The lowest BCUT2D eigenvalue weighted by molar-refractivity contribution is 0.187. The van der Waals surface area contributed by atoms with Gasteiger partial charge in [-0.3, -0.25) is 9.98 Å². The molecule has 0 bridgehead atoms. The molecule has 0 amide bonds. The zero-order valence-electron chi connectivity index (χ0n) is 14.3. The Hall–Kier alpha value is -0.890. The van der Waals surface area contributed by atoms with Gasteiger partial charge in [-0.1, -0.05) is 13.0 Å². The predicted octanol–water partition coefficient (Wildman–Crippen LogP) is 2.49. The molecule has 1 saturated heterocycles. The summed E-state index contributed by atoms with van der Waals surface area (Å²) in [5, 5.41) is 6.72. The van der Waals surface area contributed by atoms with Gasteiger partial charge in [-0.05, 0) is 56.9 Å². The molecule has 5 nitrogen and oxygen atoms in total. The first-order valence-corrected chi connectivity index (χ1v) is 8.38. The van der Waals surface area contributed by atoms with Gasteiger partial charge in [-0.25, -0.2) is 0 Å². The number of aliphatic imine (C=N–C) groups is 1. The fourth-order valence-electron chi connectivity index (χ4n) is 2.88. The van der Waals surface area contributed by atoms with Crippen LogP contribution in [0.25, 0.3) is 0 Å². The Morgan fingerprint density at radius 1 is 1.30 bits per heavy atom. The summed E-state index contributed by atoms with van der Waals surface area (Å²) in [4.78, 5) is 11.1. The molecule has 1 aliphatic heterocycles. The summed E-state index contributed by atoms with van der Waals surface area (Å²) >= 11 is 0. The van der Waals surface area contributed by atoms with Crippen molar-refractivity contribution in [2.45, 2.75) is 32.7 Å². The van der Waals surface area contributed by atoms with E-state index < -0.39 is 0 Å². The second-order valence-corrected chi connectivity index (χ2v) is 5.84. The van der Waals surface area contributed by atoms with Gasteiger partial charge in [0.25, 0.3) is 0 Å². The molecule has 2 heterocycles. The SMILES string of the molecule is CCN1CCC(CCNC(=NC)NCc2ccccn2)CC1.I. The minimum absolute atomic E-state index is 0. The number of halogens is 1. The molecule has 1 aliphatic rings. The van der Waals surface area contributed by atoms with Gasteiger partial charge < -0.3 is 15.5 Å². The molecule has 23 heavy (non-hydrogen) atoms. The summed E-state index contributed by atoms with van der Waals surface area (Å²) < 4.78 is 0. The van der Waals surface area contributed by atoms with Gasteiger partial charge in [0.2, 0.25) is 0 Å². The first kappa shape index (κ1) is 20.2. The van der Waals surface area contributed by atoms with Crippen molar-refractivity contribution in [2.75, 3.05) is 33.2 Å². The van der Waals surface area contributed by atoms with Crippen LogP contribution >= 0.6 is 24.0 Å². The summed E-state index contributed by atoms with van der Waals surface area (Å²) in [6.07, 6.45) is 5.70. The summed E-state index contributed by atoms with van der Waals surface area (Å²) in [7, 11) is 1.81. The van der Waals surface area contributed by atoms with Crippen molar-refractivity contribution in [3.05, 3.63) is 30.1 Å². The molecule has 130 valence electrons. The van der Waals surface area contributed by atoms with E-state index in [1.807, 2.05) is 31.4 Å². The molecular weight excluding hydrogens is 401 g/mol. The van der Waals surface area contributed by atoms with Crippen LogP contribution in [0.2, 0.25) is 0 Å². The highest BCUT2D eigenvalue weighted by Crippen LogP contribution is 2.19. The molecule has 2 N–H and O–H groups in total. The van der Waals surface area contributed by atoms with Crippen LogP contribution in [-0.4, -0.2) is 49.1 Å². The van der Waals surface area contributed by atoms with E-state index in [9.17, 15) is 0 Å². The number of likely N-dealkylation sites (tertiary alicyclic amines) is 1. The van der Waals surface area contributed by atoms with Gasteiger partial charge in [-0.2, -0.15) is 0 Å². The molecule has 0 saturated carbocycles. The van der Waals surface area contributed by atoms with E-state index in [2.05, 4.69) is 32.4 Å². The van der Waals surface area contributed by atoms with Gasteiger partial charge in [0.05, 0.1) is 12.2 Å². The summed E-state index contributed by atoms with van der Waals surface area (Å²) in [5.41, 5.74) is 1.03. The second-order valence-electron chi connectivity index (χ2n) is 5.84. The van der Waals surface area contributed by atoms with Gasteiger partial charge in [0, 0.05) is 19.8 Å². The molecule has 2 rings (SSSR count). The summed E-state index contributed by atoms with van der Waals surface area (Å²) in [6, 6.07) is 5.95. The van der Waals surface area contributed by atoms with E-state index in [0.717, 1.165) is 24.1 Å². The molecule has 0 spiro atoms. The Kier molecular flexibility index (Phi) is 10.2. The van der Waals surface area contributed by atoms with Crippen LogP contribution in [0.5, 0.6) is 0 Å². The van der Waals surface area contributed by atoms with Crippen molar-refractivity contribution in [3.8, 4) is 0 Å². The van der Waals surface area contributed by atoms with Crippen LogP contribution in [0.3, 0.4) is 0 Å². The topological polar surface area (TPSA) is 52.5 Å². The minimum Gasteiger partial charge on any atom is -0.356 e. The lowest BCUT2D eigenvalue weighted by Gasteiger charge is -2.31. The number of guanidine groups is 1. The summed E-state index contributed by atoms with van der Waals surface area (Å²) in [5.74, 6) is 1.71. The molecule has 0 aliphatic carbocycles. The Morgan fingerprint density at radius 2 is 2.09 bits per heavy atom. The van der Waals surface area contributed by atoms with Crippen molar-refractivity contribution < 1.29 is 0 Å². The van der Waals surface area contributed by atoms with Crippen LogP contribution in [0.1, 0.15) is 31.9 Å². The lowest BCUT2D eigenvalue weighted by atomic mass is 9.93. The number of hydrogen-bond donors (Lipinski definition) is 2. The standard InChI is InChI=1S/C17H29N5.HI/c1-3-22-12-8-15(9-13-22)7-11-20-17(18-2)21-14-16-6-4-5-10-19-16;/h4-6,10,15H,3,7-9,11-14H2,1-2H3,(H2,18,20,21);1H. The van der Waals surface area contributed by atoms with Crippen LogP contribution in [0, 0.1) is 5.92 Å². The number of nitrogens with zero attached hydrogens (tertiary/aromatic N) is 3. The van der Waals surface area contributed by atoms with E-state index in [1.54, 1.807) is 0 Å². The number of rotatable bonds is 6. The quantitative estimate of drug-likeness (QED) is 0.413. The third-order valence-electron chi connectivity index (χ3n) is 4.39. The molecule has 1 aromatic rings. The van der Waals surface area contributed by atoms with Crippen LogP contribution in [0.4, 0.5) is 0 Å². The average Bonchev–Trinajstić information content (AvgIpc) is 2.59. The first-order chi connectivity index (χ1) is 10.8. The third-order valence-corrected chi connectivity index (χ3v) is 4.39. The monoisotopic (exact) mass is 431 g/mol. The molecule has 0 radical (unpaired) electrons.